The van der Waals surface area contributed by atoms with E-state index in [0.717, 1.165) is 0 Å². The molecule has 1 fully saturated rings. The van der Waals surface area contributed by atoms with Gasteiger partial charge in [-0.3, -0.25) is 0 Å². The van der Waals surface area contributed by atoms with Crippen LogP contribution in [-0.2, 0) is 26.1 Å². The predicted octanol–water partition coefficient (Wildman–Crippen LogP) is 1.94. The Hall–Kier alpha value is -2.73. The van der Waals surface area contributed by atoms with Crippen molar-refractivity contribution in [1.82, 2.24) is 4.31 Å². The summed E-state index contributed by atoms with van der Waals surface area (Å²) >= 11 is 0. The second-order valence-corrected chi connectivity index (χ2v) is 7.87. The minimum absolute atomic E-state index is 0.00516. The van der Waals surface area contributed by atoms with E-state index >= 15 is 0 Å². The molecule has 1 heterocycles. The highest BCUT2D eigenvalue weighted by molar-refractivity contribution is 7.89. The molecule has 0 saturated carbocycles. The summed E-state index contributed by atoms with van der Waals surface area (Å²) in [5, 5.41) is 8.91. The van der Waals surface area contributed by atoms with Gasteiger partial charge in [0.25, 0.3) is 0 Å². The maximum absolute atomic E-state index is 12.7. The van der Waals surface area contributed by atoms with Crippen LogP contribution in [0.1, 0.15) is 21.5 Å². The van der Waals surface area contributed by atoms with Crippen LogP contribution in [0.25, 0.3) is 0 Å². The first-order valence-electron chi connectivity index (χ1n) is 8.35. The summed E-state index contributed by atoms with van der Waals surface area (Å²) in [6.45, 7) is 1.26. The van der Waals surface area contributed by atoms with Gasteiger partial charge in [-0.05, 0) is 35.9 Å². The van der Waals surface area contributed by atoms with Gasteiger partial charge in [0.05, 0.1) is 35.3 Å². The summed E-state index contributed by atoms with van der Waals surface area (Å²) in [5.74, 6) is -0.628. The molecule has 1 aliphatic heterocycles. The molecule has 0 unspecified atom stereocenters. The second kappa shape index (κ2) is 8.31. The summed E-state index contributed by atoms with van der Waals surface area (Å²) < 4.78 is 37.2. The Morgan fingerprint density at radius 1 is 1.15 bits per heavy atom. The van der Waals surface area contributed by atoms with Gasteiger partial charge >= 0.3 is 5.97 Å². The van der Waals surface area contributed by atoms with Crippen molar-refractivity contribution in [1.29, 1.82) is 5.26 Å². The molecule has 0 atom stereocenters. The van der Waals surface area contributed by atoms with Gasteiger partial charge in [-0.1, -0.05) is 18.2 Å². The third-order valence-corrected chi connectivity index (χ3v) is 6.00. The summed E-state index contributed by atoms with van der Waals surface area (Å²) in [4.78, 5) is 12.4. The SMILES string of the molecule is N#Cc1cccc(COC(=O)c2cccc(S(=O)(=O)N3CCOCC3)c2)c1. The Balaban J connectivity index is 1.72. The van der Waals surface area contributed by atoms with Crippen LogP contribution >= 0.6 is 0 Å². The first-order chi connectivity index (χ1) is 13.0. The van der Waals surface area contributed by atoms with Crippen molar-refractivity contribution in [2.45, 2.75) is 11.5 Å². The van der Waals surface area contributed by atoms with Gasteiger partial charge in [0.15, 0.2) is 0 Å². The van der Waals surface area contributed by atoms with Crippen molar-refractivity contribution < 1.29 is 22.7 Å². The Kier molecular flexibility index (Phi) is 5.86. The highest BCUT2D eigenvalue weighted by atomic mass is 32.2. The number of carbonyl (C=O) groups is 1. The molecule has 0 bridgehead atoms. The van der Waals surface area contributed by atoms with E-state index in [1.807, 2.05) is 6.07 Å². The first kappa shape index (κ1) is 19.0. The maximum Gasteiger partial charge on any atom is 0.338 e. The zero-order chi connectivity index (χ0) is 19.3. The highest BCUT2D eigenvalue weighted by Gasteiger charge is 2.27. The molecule has 8 heteroatoms. The Morgan fingerprint density at radius 2 is 1.89 bits per heavy atom. The number of ether oxygens (including phenoxy) is 2. The second-order valence-electron chi connectivity index (χ2n) is 5.93. The minimum Gasteiger partial charge on any atom is -0.457 e. The largest absolute Gasteiger partial charge is 0.457 e. The molecule has 27 heavy (non-hydrogen) atoms. The molecule has 1 aliphatic rings. The van der Waals surface area contributed by atoms with Crippen LogP contribution in [0.3, 0.4) is 0 Å². The third-order valence-electron chi connectivity index (χ3n) is 4.10. The summed E-state index contributed by atoms with van der Waals surface area (Å²) in [5.41, 5.74) is 1.31. The number of morpholine rings is 1. The maximum atomic E-state index is 12.7. The van der Waals surface area contributed by atoms with Crippen LogP contribution in [0.2, 0.25) is 0 Å². The van der Waals surface area contributed by atoms with Crippen LogP contribution in [0, 0.1) is 11.3 Å². The zero-order valence-electron chi connectivity index (χ0n) is 14.5. The van der Waals surface area contributed by atoms with Crippen LogP contribution in [0.15, 0.2) is 53.4 Å². The molecule has 0 N–H and O–H groups in total. The molecule has 0 amide bonds. The molecule has 3 rings (SSSR count). The van der Waals surface area contributed by atoms with Gasteiger partial charge in [0.1, 0.15) is 6.61 Å². The van der Waals surface area contributed by atoms with Gasteiger partial charge in [0.2, 0.25) is 10.0 Å². The van der Waals surface area contributed by atoms with E-state index in [9.17, 15) is 13.2 Å². The van der Waals surface area contributed by atoms with Crippen LogP contribution in [0.5, 0.6) is 0 Å². The van der Waals surface area contributed by atoms with Crippen molar-refractivity contribution in [3.05, 3.63) is 65.2 Å². The standard InChI is InChI=1S/C19H18N2O5S/c20-13-15-3-1-4-16(11-15)14-26-19(22)17-5-2-6-18(12-17)27(23,24)21-7-9-25-10-8-21/h1-6,11-12H,7-10,14H2. The van der Waals surface area contributed by atoms with Gasteiger partial charge in [0, 0.05) is 13.1 Å². The smallest absolute Gasteiger partial charge is 0.338 e. The number of nitriles is 1. The number of carbonyl (C=O) groups excluding carboxylic acids is 1. The van der Waals surface area contributed by atoms with Gasteiger partial charge in [-0.15, -0.1) is 0 Å². The fourth-order valence-electron chi connectivity index (χ4n) is 2.68. The molecule has 0 aromatic heterocycles. The molecule has 0 aliphatic carbocycles. The van der Waals surface area contributed by atoms with Crippen molar-refractivity contribution in [3.63, 3.8) is 0 Å². The highest BCUT2D eigenvalue weighted by Crippen LogP contribution is 2.19. The van der Waals surface area contributed by atoms with Crippen LogP contribution in [-0.4, -0.2) is 45.0 Å². The number of nitrogens with zero attached hydrogens (tertiary/aromatic N) is 2. The van der Waals surface area contributed by atoms with Crippen molar-refractivity contribution in [2.24, 2.45) is 0 Å². The molecular formula is C19H18N2O5S. The van der Waals surface area contributed by atoms with Gasteiger partial charge in [-0.25, -0.2) is 13.2 Å². The monoisotopic (exact) mass is 386 g/mol. The Labute approximate surface area is 157 Å². The molecule has 2 aromatic rings. The third kappa shape index (κ3) is 4.52. The number of hydrogen-bond donors (Lipinski definition) is 0. The van der Waals surface area contributed by atoms with Crippen molar-refractivity contribution in [3.8, 4) is 6.07 Å². The van der Waals surface area contributed by atoms with Crippen LogP contribution < -0.4 is 0 Å². The normalized spacial score (nSPS) is 15.1. The Bertz CT molecular complexity index is 976. The van der Waals surface area contributed by atoms with E-state index in [1.54, 1.807) is 24.3 Å². The number of esters is 1. The van der Waals surface area contributed by atoms with Gasteiger partial charge < -0.3 is 9.47 Å². The molecule has 0 spiro atoms. The van der Waals surface area contributed by atoms with E-state index in [0.29, 0.717) is 24.3 Å². The summed E-state index contributed by atoms with van der Waals surface area (Å²) in [6.07, 6.45) is 0. The quantitative estimate of drug-likeness (QED) is 0.729. The topological polar surface area (TPSA) is 96.7 Å². The number of rotatable bonds is 5. The lowest BCUT2D eigenvalue weighted by Gasteiger charge is -2.26. The van der Waals surface area contributed by atoms with E-state index in [4.69, 9.17) is 14.7 Å². The van der Waals surface area contributed by atoms with E-state index < -0.39 is 16.0 Å². The van der Waals surface area contributed by atoms with E-state index in [1.165, 1.54) is 28.6 Å². The first-order valence-corrected chi connectivity index (χ1v) is 9.79. The number of benzene rings is 2. The van der Waals surface area contributed by atoms with E-state index in [2.05, 4.69) is 0 Å². The lowest BCUT2D eigenvalue weighted by atomic mass is 10.1. The number of hydrogen-bond acceptors (Lipinski definition) is 6. The fourth-order valence-corrected chi connectivity index (χ4v) is 4.14. The van der Waals surface area contributed by atoms with E-state index in [-0.39, 0.29) is 30.2 Å². The minimum atomic E-state index is -3.68. The lowest BCUT2D eigenvalue weighted by Crippen LogP contribution is -2.40. The van der Waals surface area contributed by atoms with Crippen LogP contribution in [0.4, 0.5) is 0 Å². The molecule has 7 nitrogen and oxygen atoms in total. The zero-order valence-corrected chi connectivity index (χ0v) is 15.3. The summed E-state index contributed by atoms with van der Waals surface area (Å²) in [6, 6.07) is 14.6. The average molecular weight is 386 g/mol. The fraction of sp³-hybridized carbons (Fsp3) is 0.263. The van der Waals surface area contributed by atoms with Crippen molar-refractivity contribution >= 4 is 16.0 Å². The Morgan fingerprint density at radius 3 is 2.63 bits per heavy atom. The average Bonchev–Trinajstić information content (AvgIpc) is 2.73. The lowest BCUT2D eigenvalue weighted by molar-refractivity contribution is 0.0472. The molecular weight excluding hydrogens is 368 g/mol. The number of sulfonamides is 1. The summed E-state index contributed by atoms with van der Waals surface area (Å²) in [7, 11) is -3.68. The van der Waals surface area contributed by atoms with Gasteiger partial charge in [-0.2, -0.15) is 9.57 Å². The molecule has 140 valence electrons. The molecule has 1 saturated heterocycles. The molecule has 0 radical (unpaired) electrons. The predicted molar refractivity (Wildman–Crippen MR) is 96.3 cm³/mol. The van der Waals surface area contributed by atoms with Crippen molar-refractivity contribution in [2.75, 3.05) is 26.3 Å². The molecule has 2 aromatic carbocycles.